The van der Waals surface area contributed by atoms with E-state index in [0.717, 1.165) is 30.0 Å². The van der Waals surface area contributed by atoms with Crippen LogP contribution in [0.5, 0.6) is 0 Å². The molecule has 0 aliphatic rings. The third-order valence-electron chi connectivity index (χ3n) is 3.65. The molecule has 6 heteroatoms. The summed E-state index contributed by atoms with van der Waals surface area (Å²) in [5.41, 5.74) is 5.69. The van der Waals surface area contributed by atoms with Gasteiger partial charge in [0.25, 0.3) is 5.91 Å². The fourth-order valence-corrected chi connectivity index (χ4v) is 2.85. The van der Waals surface area contributed by atoms with Gasteiger partial charge in [-0.25, -0.2) is 10.5 Å². The van der Waals surface area contributed by atoms with Gasteiger partial charge in [0.2, 0.25) is 0 Å². The highest BCUT2D eigenvalue weighted by molar-refractivity contribution is 5.90. The topological polar surface area (TPSA) is 69.9 Å². The lowest BCUT2D eigenvalue weighted by Gasteiger charge is -2.26. The highest BCUT2D eigenvalue weighted by Gasteiger charge is 2.16. The van der Waals surface area contributed by atoms with Gasteiger partial charge in [-0.2, -0.15) is 0 Å². The quantitative estimate of drug-likeness (QED) is 0.502. The van der Waals surface area contributed by atoms with E-state index in [-0.39, 0.29) is 5.41 Å². The van der Waals surface area contributed by atoms with Gasteiger partial charge in [-0.3, -0.25) is 10.0 Å². The minimum atomic E-state index is -0.557. The summed E-state index contributed by atoms with van der Waals surface area (Å²) in [5.74, 6) is -0.557. The van der Waals surface area contributed by atoms with Gasteiger partial charge in [0.05, 0.1) is 11.4 Å². The lowest BCUT2D eigenvalue weighted by atomic mass is 9.96. The van der Waals surface area contributed by atoms with Crippen LogP contribution in [-0.4, -0.2) is 39.0 Å². The Labute approximate surface area is 142 Å². The molecule has 2 aromatic heterocycles. The van der Waals surface area contributed by atoms with E-state index in [1.165, 1.54) is 11.8 Å². The first-order chi connectivity index (χ1) is 11.2. The van der Waals surface area contributed by atoms with Crippen LogP contribution in [0.25, 0.3) is 11.7 Å². The summed E-state index contributed by atoms with van der Waals surface area (Å²) in [4.78, 5) is 18.0. The Morgan fingerprint density at radius 1 is 1.46 bits per heavy atom. The number of pyridine rings is 1. The second kappa shape index (κ2) is 7.15. The van der Waals surface area contributed by atoms with Crippen molar-refractivity contribution < 1.29 is 10.0 Å². The molecule has 0 radical (unpaired) electrons. The van der Waals surface area contributed by atoms with Crippen LogP contribution in [0.1, 0.15) is 37.7 Å². The fraction of sp³-hybridized carbons (Fsp3) is 0.444. The molecule has 2 aromatic rings. The van der Waals surface area contributed by atoms with Gasteiger partial charge in [0.15, 0.2) is 0 Å². The highest BCUT2D eigenvalue weighted by Crippen LogP contribution is 2.19. The molecule has 0 spiro atoms. The number of carbonyl (C=O) groups excluding carboxylic acids is 1. The number of nitrogens with zero attached hydrogens (tertiary/aromatic N) is 3. The molecule has 0 saturated heterocycles. The molecule has 6 nitrogen and oxygen atoms in total. The Balaban J connectivity index is 2.25. The van der Waals surface area contributed by atoms with Crippen LogP contribution in [0.2, 0.25) is 0 Å². The summed E-state index contributed by atoms with van der Waals surface area (Å²) >= 11 is 0. The first-order valence-electron chi connectivity index (χ1n) is 7.98. The van der Waals surface area contributed by atoms with Crippen molar-refractivity contribution in [1.29, 1.82) is 0 Å². The van der Waals surface area contributed by atoms with Crippen LogP contribution in [0.15, 0.2) is 24.4 Å². The van der Waals surface area contributed by atoms with Crippen molar-refractivity contribution in [3.8, 4) is 0 Å². The molecule has 0 aromatic carbocycles. The molecule has 0 atom stereocenters. The molecule has 2 N–H and O–H groups in total. The van der Waals surface area contributed by atoms with Gasteiger partial charge < -0.3 is 9.30 Å². The van der Waals surface area contributed by atoms with Gasteiger partial charge in [-0.05, 0) is 43.2 Å². The summed E-state index contributed by atoms with van der Waals surface area (Å²) < 4.78 is 2.08. The average molecular weight is 330 g/mol. The number of carbonyl (C=O) groups is 1. The average Bonchev–Trinajstić information content (AvgIpc) is 2.78. The number of imidazole rings is 1. The first-order valence-corrected chi connectivity index (χ1v) is 7.98. The summed E-state index contributed by atoms with van der Waals surface area (Å²) in [6.45, 7) is 10.5. The van der Waals surface area contributed by atoms with Gasteiger partial charge in [-0.1, -0.05) is 20.8 Å². The number of rotatable bonds is 5. The molecule has 0 bridgehead atoms. The molecule has 24 heavy (non-hydrogen) atoms. The zero-order valence-electron chi connectivity index (χ0n) is 15.0. The van der Waals surface area contributed by atoms with Gasteiger partial charge in [-0.15, -0.1) is 0 Å². The Morgan fingerprint density at radius 3 is 2.79 bits per heavy atom. The number of fused-ring (bicyclic) bond motifs is 1. The zero-order valence-corrected chi connectivity index (χ0v) is 15.0. The molecule has 0 saturated carbocycles. The smallest absolute Gasteiger partial charge is 0.267 e. The van der Waals surface area contributed by atoms with E-state index in [0.29, 0.717) is 0 Å². The van der Waals surface area contributed by atoms with Crippen LogP contribution in [-0.2, 0) is 11.3 Å². The van der Waals surface area contributed by atoms with E-state index in [2.05, 4.69) is 42.1 Å². The van der Waals surface area contributed by atoms with Crippen molar-refractivity contribution in [2.24, 2.45) is 5.41 Å². The van der Waals surface area contributed by atoms with E-state index < -0.39 is 5.91 Å². The summed E-state index contributed by atoms with van der Waals surface area (Å²) in [6.07, 6.45) is 4.88. The molecule has 2 rings (SSSR count). The maximum atomic E-state index is 11.1. The zero-order chi connectivity index (χ0) is 17.9. The van der Waals surface area contributed by atoms with Crippen LogP contribution in [0.4, 0.5) is 0 Å². The molecule has 1 amide bonds. The Kier molecular flexibility index (Phi) is 5.41. The van der Waals surface area contributed by atoms with Crippen molar-refractivity contribution >= 4 is 17.6 Å². The van der Waals surface area contributed by atoms with Crippen LogP contribution < -0.4 is 5.48 Å². The third-order valence-corrected chi connectivity index (χ3v) is 3.65. The summed E-state index contributed by atoms with van der Waals surface area (Å²) in [6, 6.07) is 3.84. The Morgan fingerprint density at radius 2 is 2.17 bits per heavy atom. The Bertz CT molecular complexity index is 756. The maximum Gasteiger partial charge on any atom is 0.267 e. The van der Waals surface area contributed by atoms with E-state index >= 15 is 0 Å². The molecule has 0 fully saturated rings. The number of hydrogen-bond acceptors (Lipinski definition) is 4. The summed E-state index contributed by atoms with van der Waals surface area (Å²) in [7, 11) is 2.12. The second-order valence-corrected chi connectivity index (χ2v) is 7.37. The van der Waals surface area contributed by atoms with Crippen molar-refractivity contribution in [2.45, 2.75) is 34.2 Å². The molecular weight excluding hydrogens is 304 g/mol. The van der Waals surface area contributed by atoms with E-state index in [9.17, 15) is 4.79 Å². The predicted octanol–water partition coefficient (Wildman–Crippen LogP) is 2.64. The van der Waals surface area contributed by atoms with E-state index in [4.69, 9.17) is 5.21 Å². The molecule has 2 heterocycles. The van der Waals surface area contributed by atoms with Crippen LogP contribution in [0.3, 0.4) is 0 Å². The van der Waals surface area contributed by atoms with Gasteiger partial charge in [0.1, 0.15) is 5.65 Å². The predicted molar refractivity (Wildman–Crippen MR) is 94.7 cm³/mol. The number of amides is 1. The van der Waals surface area contributed by atoms with Gasteiger partial charge >= 0.3 is 0 Å². The molecular formula is C18H26N4O2. The molecule has 0 aliphatic heterocycles. The van der Waals surface area contributed by atoms with Gasteiger partial charge in [0, 0.05) is 25.4 Å². The third kappa shape index (κ3) is 4.66. The highest BCUT2D eigenvalue weighted by atomic mass is 16.5. The second-order valence-electron chi connectivity index (χ2n) is 7.37. The van der Waals surface area contributed by atoms with Crippen molar-refractivity contribution in [3.63, 3.8) is 0 Å². The fourth-order valence-electron chi connectivity index (χ4n) is 2.85. The van der Waals surface area contributed by atoms with Crippen molar-refractivity contribution in [3.05, 3.63) is 41.4 Å². The van der Waals surface area contributed by atoms with E-state index in [1.54, 1.807) is 11.6 Å². The van der Waals surface area contributed by atoms with Crippen molar-refractivity contribution in [1.82, 2.24) is 19.8 Å². The van der Waals surface area contributed by atoms with Crippen LogP contribution >= 0.6 is 0 Å². The number of nitrogens with one attached hydrogen (secondary N) is 1. The Hall–Kier alpha value is -2.18. The minimum Gasteiger partial charge on any atom is -0.302 e. The number of aromatic nitrogens is 2. The standard InChI is InChI=1S/C18H26N4O2/c1-13-15(11-21(5)12-18(2,3)4)22-9-8-14(10-16(22)19-13)6-7-17(23)20-24/h6-10,24H,11-12H2,1-5H3,(H,20,23)/b7-6+. The largest absolute Gasteiger partial charge is 0.302 e. The minimum absolute atomic E-state index is 0.244. The number of hydroxylamine groups is 1. The SMILES string of the molecule is Cc1nc2cc(/C=C/C(=O)NO)ccn2c1CN(C)CC(C)(C)C. The molecule has 130 valence electrons. The van der Waals surface area contributed by atoms with Crippen LogP contribution in [0, 0.1) is 12.3 Å². The summed E-state index contributed by atoms with van der Waals surface area (Å²) in [5, 5.41) is 8.52. The number of hydrogen-bond donors (Lipinski definition) is 2. The monoisotopic (exact) mass is 330 g/mol. The first kappa shape index (κ1) is 18.2. The molecule has 0 aliphatic carbocycles. The number of aryl methyl sites for hydroxylation is 1. The molecule has 0 unspecified atom stereocenters. The lowest BCUT2D eigenvalue weighted by molar-refractivity contribution is -0.124. The maximum absolute atomic E-state index is 11.1. The van der Waals surface area contributed by atoms with Crippen molar-refractivity contribution in [2.75, 3.05) is 13.6 Å². The normalized spacial score (nSPS) is 12.5. The lowest BCUT2D eigenvalue weighted by Crippen LogP contribution is -2.29. The van der Waals surface area contributed by atoms with E-state index in [1.807, 2.05) is 25.3 Å².